The maximum absolute atomic E-state index is 12.0. The van der Waals surface area contributed by atoms with E-state index in [4.69, 9.17) is 12.6 Å². The van der Waals surface area contributed by atoms with Gasteiger partial charge < -0.3 is 14.6 Å². The van der Waals surface area contributed by atoms with E-state index in [-0.39, 0.29) is 11.0 Å². The third-order valence-electron chi connectivity index (χ3n) is 3.34. The number of aldehydes is 1. The molecule has 0 aliphatic carbocycles. The Morgan fingerprint density at radius 1 is 1.40 bits per heavy atom. The van der Waals surface area contributed by atoms with Crippen molar-refractivity contribution in [2.24, 2.45) is 0 Å². The molecule has 1 aliphatic heterocycles. The third kappa shape index (κ3) is 2.10. The number of ether oxygens (including phenoxy) is 1. The van der Waals surface area contributed by atoms with Crippen molar-refractivity contribution in [3.05, 3.63) is 28.0 Å². The van der Waals surface area contributed by atoms with E-state index in [1.165, 1.54) is 6.20 Å². The van der Waals surface area contributed by atoms with E-state index in [2.05, 4.69) is 9.97 Å². The van der Waals surface area contributed by atoms with Crippen molar-refractivity contribution in [1.29, 1.82) is 0 Å². The number of carbonyl (C=O) groups is 1. The average Bonchev–Trinajstić information content (AvgIpc) is 2.49. The molecule has 20 heavy (non-hydrogen) atoms. The van der Waals surface area contributed by atoms with Crippen LogP contribution in [0.25, 0.3) is 11.0 Å². The summed E-state index contributed by atoms with van der Waals surface area (Å²) in [6.45, 7) is 2.66. The van der Waals surface area contributed by atoms with E-state index in [0.29, 0.717) is 54.9 Å². The van der Waals surface area contributed by atoms with E-state index >= 15 is 0 Å². The van der Waals surface area contributed by atoms with Crippen molar-refractivity contribution in [2.45, 2.75) is 0 Å². The normalized spacial score (nSPS) is 15.5. The second-order valence-corrected chi connectivity index (χ2v) is 4.59. The van der Waals surface area contributed by atoms with Crippen LogP contribution in [0.1, 0.15) is 10.4 Å². The maximum Gasteiger partial charge on any atom is 0.201 e. The summed E-state index contributed by atoms with van der Waals surface area (Å²) >= 11 is 0. The van der Waals surface area contributed by atoms with Crippen LogP contribution in [0.15, 0.2) is 17.1 Å². The number of carbonyl (C=O) groups excluding carboxylic acids is 1. The largest absolute Gasteiger partial charge is 0.378 e. The number of hydrogen-bond donors (Lipinski definition) is 1. The van der Waals surface area contributed by atoms with E-state index in [1.807, 2.05) is 4.90 Å². The molecule has 1 fully saturated rings. The molecule has 0 saturated carbocycles. The number of fused-ring (bicyclic) bond motifs is 1. The highest BCUT2D eigenvalue weighted by atomic mass is 16.5. The fraction of sp³-hybridized carbons (Fsp3) is 0.308. The van der Waals surface area contributed by atoms with Gasteiger partial charge in [-0.3, -0.25) is 9.59 Å². The molecule has 7 heteroatoms. The third-order valence-corrected chi connectivity index (χ3v) is 3.34. The van der Waals surface area contributed by atoms with E-state index < -0.39 is 0 Å². The second kappa shape index (κ2) is 5.09. The summed E-state index contributed by atoms with van der Waals surface area (Å²) in [4.78, 5) is 32.1. The number of anilines is 1. The summed E-state index contributed by atoms with van der Waals surface area (Å²) in [5, 5.41) is 0.323. The molecule has 0 atom stereocenters. The Hall–Kier alpha value is -2.15. The lowest BCUT2D eigenvalue weighted by molar-refractivity contribution is 0.112. The van der Waals surface area contributed by atoms with Crippen LogP contribution >= 0.6 is 0 Å². The van der Waals surface area contributed by atoms with Gasteiger partial charge in [0.2, 0.25) is 5.43 Å². The number of nitrogens with zero attached hydrogens (tertiary/aromatic N) is 2. The van der Waals surface area contributed by atoms with Gasteiger partial charge in [0.1, 0.15) is 19.3 Å². The summed E-state index contributed by atoms with van der Waals surface area (Å²) in [5.41, 5.74) is 0.559. The number of aromatic amines is 1. The van der Waals surface area contributed by atoms with Crippen molar-refractivity contribution >= 4 is 36.4 Å². The van der Waals surface area contributed by atoms with Crippen LogP contribution in [0, 0.1) is 0 Å². The van der Waals surface area contributed by atoms with Gasteiger partial charge in [-0.2, -0.15) is 0 Å². The summed E-state index contributed by atoms with van der Waals surface area (Å²) in [7, 11) is 5.99. The molecule has 0 aromatic carbocycles. The minimum Gasteiger partial charge on any atom is -0.378 e. The van der Waals surface area contributed by atoms with E-state index in [0.717, 1.165) is 0 Å². The number of nitrogens with one attached hydrogen (secondary N) is 1. The van der Waals surface area contributed by atoms with Crippen molar-refractivity contribution in [1.82, 2.24) is 9.97 Å². The molecule has 1 N–H and O–H groups in total. The molecule has 0 bridgehead atoms. The molecule has 2 radical (unpaired) electrons. The first kappa shape index (κ1) is 12.9. The monoisotopic (exact) mass is 269 g/mol. The van der Waals surface area contributed by atoms with Crippen LogP contribution in [-0.4, -0.2) is 50.4 Å². The van der Waals surface area contributed by atoms with Gasteiger partial charge in [-0.05, 0) is 0 Å². The Bertz CT molecular complexity index is 723. The Kier molecular flexibility index (Phi) is 3.27. The molecule has 1 aliphatic rings. The summed E-state index contributed by atoms with van der Waals surface area (Å²) in [5.74, 6) is 0.635. The second-order valence-electron chi connectivity index (χ2n) is 4.59. The van der Waals surface area contributed by atoms with Crippen LogP contribution in [0.5, 0.6) is 0 Å². The fourth-order valence-electron chi connectivity index (χ4n) is 2.29. The molecule has 3 rings (SSSR count). The van der Waals surface area contributed by atoms with Crippen LogP contribution in [0.4, 0.5) is 5.82 Å². The molecule has 0 unspecified atom stereocenters. The topological polar surface area (TPSA) is 75.3 Å². The van der Waals surface area contributed by atoms with Gasteiger partial charge in [-0.1, -0.05) is 11.5 Å². The zero-order valence-corrected chi connectivity index (χ0v) is 10.8. The number of H-pyrrole nitrogens is 1. The first-order valence-electron chi connectivity index (χ1n) is 6.30. The van der Waals surface area contributed by atoms with Crippen LogP contribution in [0.3, 0.4) is 0 Å². The summed E-state index contributed by atoms with van der Waals surface area (Å²) in [6, 6.07) is 1.57. The minimum absolute atomic E-state index is 0.0674. The highest BCUT2D eigenvalue weighted by molar-refractivity contribution is 6.36. The van der Waals surface area contributed by atoms with Crippen LogP contribution in [0.2, 0.25) is 0 Å². The molecular formula is C13H12BN3O3. The SMILES string of the molecule is [B]c1cc2c(=O)c(C=O)c[nH]c2nc1N1CCOCC1. The Morgan fingerprint density at radius 2 is 2.15 bits per heavy atom. The molecule has 6 nitrogen and oxygen atoms in total. The van der Waals surface area contributed by atoms with Crippen LogP contribution in [-0.2, 0) is 4.74 Å². The van der Waals surface area contributed by atoms with Crippen molar-refractivity contribution in [2.75, 3.05) is 31.2 Å². The summed E-state index contributed by atoms with van der Waals surface area (Å²) < 4.78 is 5.29. The van der Waals surface area contributed by atoms with Crippen molar-refractivity contribution in [3.8, 4) is 0 Å². The predicted molar refractivity (Wildman–Crippen MR) is 76.2 cm³/mol. The maximum atomic E-state index is 12.0. The number of aromatic nitrogens is 2. The highest BCUT2D eigenvalue weighted by Crippen LogP contribution is 2.13. The fourth-order valence-corrected chi connectivity index (χ4v) is 2.29. The van der Waals surface area contributed by atoms with Gasteiger partial charge in [-0.15, -0.1) is 0 Å². The number of pyridine rings is 2. The zero-order chi connectivity index (χ0) is 14.1. The first-order valence-corrected chi connectivity index (χ1v) is 6.30. The van der Waals surface area contributed by atoms with Crippen molar-refractivity contribution < 1.29 is 9.53 Å². The molecule has 2 aromatic rings. The lowest BCUT2D eigenvalue weighted by Crippen LogP contribution is -2.39. The lowest BCUT2D eigenvalue weighted by Gasteiger charge is -2.29. The van der Waals surface area contributed by atoms with Gasteiger partial charge in [0.15, 0.2) is 6.29 Å². The first-order chi connectivity index (χ1) is 9.70. The molecule has 2 aromatic heterocycles. The Balaban J connectivity index is 2.14. The summed E-state index contributed by atoms with van der Waals surface area (Å²) in [6.07, 6.45) is 1.88. The number of rotatable bonds is 2. The van der Waals surface area contributed by atoms with Gasteiger partial charge in [0.25, 0.3) is 0 Å². The molecule has 0 spiro atoms. The smallest absolute Gasteiger partial charge is 0.201 e. The quantitative estimate of drug-likeness (QED) is 0.580. The standard InChI is InChI=1S/C13H12BN3O3/c14-10-5-9-11(19)8(7-18)6-15-12(9)16-13(10)17-1-3-20-4-2-17/h5-7H,1-4H2,(H,15,16,19). The van der Waals surface area contributed by atoms with Gasteiger partial charge in [-0.25, -0.2) is 4.98 Å². The molecular weight excluding hydrogens is 257 g/mol. The molecule has 100 valence electrons. The molecule has 3 heterocycles. The van der Waals surface area contributed by atoms with Crippen LogP contribution < -0.4 is 15.8 Å². The van der Waals surface area contributed by atoms with Crippen molar-refractivity contribution in [3.63, 3.8) is 0 Å². The zero-order valence-electron chi connectivity index (χ0n) is 10.8. The average molecular weight is 269 g/mol. The van der Waals surface area contributed by atoms with Gasteiger partial charge >= 0.3 is 0 Å². The van der Waals surface area contributed by atoms with Gasteiger partial charge in [0, 0.05) is 19.3 Å². The number of hydrogen-bond acceptors (Lipinski definition) is 5. The van der Waals surface area contributed by atoms with E-state index in [9.17, 15) is 9.59 Å². The molecule has 0 amide bonds. The van der Waals surface area contributed by atoms with Gasteiger partial charge in [0.05, 0.1) is 24.2 Å². The Labute approximate surface area is 116 Å². The predicted octanol–water partition coefficient (Wildman–Crippen LogP) is -0.634. The molecule has 1 saturated heterocycles. The lowest BCUT2D eigenvalue weighted by atomic mass is 9.94. The number of morpholine rings is 1. The highest BCUT2D eigenvalue weighted by Gasteiger charge is 2.16. The minimum atomic E-state index is -0.360. The van der Waals surface area contributed by atoms with E-state index in [1.54, 1.807) is 6.07 Å². The Morgan fingerprint density at radius 3 is 2.85 bits per heavy atom.